The fourth-order valence-corrected chi connectivity index (χ4v) is 4.11. The smallest absolute Gasteiger partial charge is 0.353 e. The third-order valence-electron chi connectivity index (χ3n) is 3.69. The number of H-pyrrole nitrogens is 1. The van der Waals surface area contributed by atoms with Crippen LogP contribution in [0.25, 0.3) is 11.3 Å². The Hall–Kier alpha value is -2.35. The highest BCUT2D eigenvalue weighted by molar-refractivity contribution is 7.92. The Balaban J connectivity index is 2.02. The molecule has 0 saturated heterocycles. The Morgan fingerprint density at radius 1 is 1.41 bits per heavy atom. The maximum Gasteiger partial charge on any atom is 0.353 e. The van der Waals surface area contributed by atoms with E-state index in [4.69, 9.17) is 5.11 Å². The number of rotatable bonds is 3. The largest absolute Gasteiger partial charge is 0.477 e. The Morgan fingerprint density at radius 3 is 2.73 bits per heavy atom. The van der Waals surface area contributed by atoms with E-state index in [1.807, 2.05) is 13.0 Å². The lowest BCUT2D eigenvalue weighted by molar-refractivity contribution is 0.0690. The highest BCUT2D eigenvalue weighted by Crippen LogP contribution is 2.36. The molecule has 0 fully saturated rings. The van der Waals surface area contributed by atoms with Gasteiger partial charge < -0.3 is 5.11 Å². The quantitative estimate of drug-likeness (QED) is 0.891. The summed E-state index contributed by atoms with van der Waals surface area (Å²) in [6.07, 6.45) is 1.81. The second kappa shape index (κ2) is 4.84. The number of aromatic carboxylic acids is 1. The zero-order valence-corrected chi connectivity index (χ0v) is 12.9. The molecule has 3 rings (SSSR count). The maximum atomic E-state index is 11.9. The lowest BCUT2D eigenvalue weighted by atomic mass is 10.0. The summed E-state index contributed by atoms with van der Waals surface area (Å²) >= 11 is 0. The van der Waals surface area contributed by atoms with Gasteiger partial charge in [0.25, 0.3) is 0 Å². The first-order valence-corrected chi connectivity index (χ1v) is 8.53. The van der Waals surface area contributed by atoms with Crippen molar-refractivity contribution in [2.45, 2.75) is 19.4 Å². The number of carboxylic acid groups (broad SMARTS) is 1. The van der Waals surface area contributed by atoms with Crippen LogP contribution in [0.2, 0.25) is 0 Å². The van der Waals surface area contributed by atoms with E-state index in [1.54, 1.807) is 12.1 Å². The first-order valence-electron chi connectivity index (χ1n) is 6.69. The molecule has 0 spiro atoms. The highest BCUT2D eigenvalue weighted by Gasteiger charge is 2.32. The van der Waals surface area contributed by atoms with E-state index in [2.05, 4.69) is 10.2 Å². The predicted molar refractivity (Wildman–Crippen MR) is 81.5 cm³/mol. The number of sulfonamides is 1. The van der Waals surface area contributed by atoms with E-state index in [0.717, 1.165) is 11.1 Å². The molecule has 2 heterocycles. The van der Waals surface area contributed by atoms with Crippen LogP contribution in [0, 0.1) is 0 Å². The topological polar surface area (TPSA) is 103 Å². The summed E-state index contributed by atoms with van der Waals surface area (Å²) in [4.78, 5) is 10.9. The zero-order valence-electron chi connectivity index (χ0n) is 12.1. The van der Waals surface area contributed by atoms with E-state index in [-0.39, 0.29) is 11.7 Å². The van der Waals surface area contributed by atoms with Gasteiger partial charge in [0.15, 0.2) is 0 Å². The van der Waals surface area contributed by atoms with Crippen molar-refractivity contribution in [1.82, 2.24) is 10.2 Å². The van der Waals surface area contributed by atoms with Gasteiger partial charge in [-0.05, 0) is 37.1 Å². The van der Waals surface area contributed by atoms with Crippen molar-refractivity contribution in [3.63, 3.8) is 0 Å². The van der Waals surface area contributed by atoms with Gasteiger partial charge in [0.05, 0.1) is 17.6 Å². The van der Waals surface area contributed by atoms with Crippen molar-refractivity contribution >= 4 is 21.7 Å². The highest BCUT2D eigenvalue weighted by atomic mass is 32.2. The minimum atomic E-state index is -3.32. The molecule has 7 nitrogen and oxygen atoms in total. The number of carboxylic acids is 1. The lowest BCUT2D eigenvalue weighted by Gasteiger charge is -2.21. The fourth-order valence-electron chi connectivity index (χ4n) is 2.85. The average Bonchev–Trinajstić information content (AvgIpc) is 2.99. The van der Waals surface area contributed by atoms with Gasteiger partial charge >= 0.3 is 5.97 Å². The van der Waals surface area contributed by atoms with Gasteiger partial charge in [-0.2, -0.15) is 5.10 Å². The third-order valence-corrected chi connectivity index (χ3v) is 4.97. The molecule has 2 aromatic rings. The second-order valence-electron chi connectivity index (χ2n) is 5.43. The molecule has 1 unspecified atom stereocenters. The summed E-state index contributed by atoms with van der Waals surface area (Å²) in [7, 11) is -3.32. The molecule has 1 aromatic heterocycles. The molecule has 1 aliphatic rings. The van der Waals surface area contributed by atoms with Crippen LogP contribution in [0.4, 0.5) is 5.69 Å². The zero-order chi connectivity index (χ0) is 16.1. The van der Waals surface area contributed by atoms with Crippen LogP contribution in [-0.2, 0) is 16.4 Å². The van der Waals surface area contributed by atoms with Gasteiger partial charge in [-0.1, -0.05) is 6.07 Å². The summed E-state index contributed by atoms with van der Waals surface area (Å²) in [5, 5.41) is 15.4. The molecule has 0 amide bonds. The molecule has 0 aliphatic carbocycles. The number of nitrogens with zero attached hydrogens (tertiary/aromatic N) is 2. The molecular weight excluding hydrogens is 306 g/mol. The molecule has 22 heavy (non-hydrogen) atoms. The van der Waals surface area contributed by atoms with Gasteiger partial charge in [0.2, 0.25) is 10.0 Å². The molecule has 1 aromatic carbocycles. The molecule has 0 bridgehead atoms. The molecule has 116 valence electrons. The molecular formula is C14H15N3O4S. The molecule has 2 N–H and O–H groups in total. The number of benzene rings is 1. The summed E-state index contributed by atoms with van der Waals surface area (Å²) in [6.45, 7) is 1.86. The first-order chi connectivity index (χ1) is 10.3. The van der Waals surface area contributed by atoms with E-state index in [9.17, 15) is 13.2 Å². The van der Waals surface area contributed by atoms with E-state index < -0.39 is 16.0 Å². The van der Waals surface area contributed by atoms with Gasteiger partial charge in [0.1, 0.15) is 5.69 Å². The monoisotopic (exact) mass is 321 g/mol. The summed E-state index contributed by atoms with van der Waals surface area (Å²) < 4.78 is 25.2. The van der Waals surface area contributed by atoms with Crippen LogP contribution in [0.3, 0.4) is 0 Å². The third kappa shape index (κ3) is 2.35. The number of fused-ring (bicyclic) bond motifs is 1. The number of anilines is 1. The van der Waals surface area contributed by atoms with Gasteiger partial charge in [-0.15, -0.1) is 0 Å². The fraction of sp³-hybridized carbons (Fsp3) is 0.286. The van der Waals surface area contributed by atoms with Crippen molar-refractivity contribution in [3.8, 4) is 11.3 Å². The van der Waals surface area contributed by atoms with E-state index in [0.29, 0.717) is 17.8 Å². The minimum absolute atomic E-state index is 0.0154. The Morgan fingerprint density at radius 2 is 2.14 bits per heavy atom. The van der Waals surface area contributed by atoms with Crippen molar-refractivity contribution in [2.75, 3.05) is 10.6 Å². The van der Waals surface area contributed by atoms with Crippen LogP contribution in [-0.4, -0.2) is 42.0 Å². The van der Waals surface area contributed by atoms with Crippen LogP contribution in [0.15, 0.2) is 24.3 Å². The summed E-state index contributed by atoms with van der Waals surface area (Å²) in [5.41, 5.74) is 2.88. The number of aromatic nitrogens is 2. The van der Waals surface area contributed by atoms with Gasteiger partial charge in [-0.25, -0.2) is 13.2 Å². The minimum Gasteiger partial charge on any atom is -0.477 e. The predicted octanol–water partition coefficient (Wildman–Crippen LogP) is 1.49. The van der Waals surface area contributed by atoms with Gasteiger partial charge in [0, 0.05) is 11.6 Å². The number of carbonyl (C=O) groups is 1. The SMILES string of the molecule is CC1Cc2cc(-c3cc(C(=O)O)[nH]n3)ccc2N1S(C)(=O)=O. The van der Waals surface area contributed by atoms with Crippen molar-refractivity contribution < 1.29 is 18.3 Å². The molecule has 0 saturated carbocycles. The number of hydrogen-bond acceptors (Lipinski definition) is 4. The lowest BCUT2D eigenvalue weighted by Crippen LogP contribution is -2.34. The normalized spacial score (nSPS) is 17.5. The Kier molecular flexibility index (Phi) is 3.21. The van der Waals surface area contributed by atoms with Crippen molar-refractivity contribution in [3.05, 3.63) is 35.5 Å². The number of nitrogens with one attached hydrogen (secondary N) is 1. The van der Waals surface area contributed by atoms with Crippen molar-refractivity contribution in [2.24, 2.45) is 0 Å². The number of aromatic amines is 1. The molecule has 8 heteroatoms. The molecule has 0 radical (unpaired) electrons. The molecule has 1 atom stereocenters. The standard InChI is InChI=1S/C14H15N3O4S/c1-8-5-10-6-9(11-7-12(14(18)19)16-15-11)3-4-13(10)17(8)22(2,20)21/h3-4,6-8H,5H2,1-2H3,(H,15,16)(H,18,19). The summed E-state index contributed by atoms with van der Waals surface area (Å²) in [6, 6.07) is 6.67. The van der Waals surface area contributed by atoms with Crippen molar-refractivity contribution in [1.29, 1.82) is 0 Å². The maximum absolute atomic E-state index is 11.9. The van der Waals surface area contributed by atoms with Crippen LogP contribution < -0.4 is 4.31 Å². The summed E-state index contributed by atoms with van der Waals surface area (Å²) in [5.74, 6) is -1.07. The van der Waals surface area contributed by atoms with E-state index >= 15 is 0 Å². The second-order valence-corrected chi connectivity index (χ2v) is 7.29. The van der Waals surface area contributed by atoms with Crippen LogP contribution in [0.5, 0.6) is 0 Å². The van der Waals surface area contributed by atoms with E-state index in [1.165, 1.54) is 16.6 Å². The average molecular weight is 321 g/mol. The van der Waals surface area contributed by atoms with Crippen LogP contribution in [0.1, 0.15) is 23.0 Å². The van der Waals surface area contributed by atoms with Crippen LogP contribution >= 0.6 is 0 Å². The van der Waals surface area contributed by atoms with Gasteiger partial charge in [-0.3, -0.25) is 9.40 Å². The molecule has 1 aliphatic heterocycles. The number of hydrogen-bond donors (Lipinski definition) is 2. The Labute approximate surface area is 127 Å². The first kappa shape index (κ1) is 14.6. The Bertz CT molecular complexity index is 857.